The van der Waals surface area contributed by atoms with Gasteiger partial charge in [-0.25, -0.2) is 8.42 Å². The van der Waals surface area contributed by atoms with Gasteiger partial charge in [0, 0.05) is 24.4 Å². The first kappa shape index (κ1) is 16.6. The smallest absolute Gasteiger partial charge is 0.243 e. The van der Waals surface area contributed by atoms with E-state index in [9.17, 15) is 13.5 Å². The molecule has 1 N–H and O–H groups in total. The standard InChI is InChI=1S/C14H21NO4S2/c1-3-19-14-5-4-13(8-11(14)9-16)21(17,18)15(2)12-6-7-20-10-12/h4-5,8,12,16H,3,6-7,9-10H2,1-2H3. The second-order valence-corrected chi connectivity index (χ2v) is 8.05. The molecule has 0 amide bonds. The van der Waals surface area contributed by atoms with E-state index in [1.807, 2.05) is 6.92 Å². The minimum Gasteiger partial charge on any atom is -0.494 e. The third-order valence-electron chi connectivity index (χ3n) is 3.60. The van der Waals surface area contributed by atoms with Crippen LogP contribution in [0.15, 0.2) is 23.1 Å². The fraction of sp³-hybridized carbons (Fsp3) is 0.571. The van der Waals surface area contributed by atoms with E-state index in [1.54, 1.807) is 24.9 Å². The normalized spacial score (nSPS) is 19.1. The van der Waals surface area contributed by atoms with Gasteiger partial charge in [0.1, 0.15) is 5.75 Å². The first-order chi connectivity index (χ1) is 10.0. The SMILES string of the molecule is CCOc1ccc(S(=O)(=O)N(C)C2CCSC2)cc1CO. The molecule has 0 spiro atoms. The van der Waals surface area contributed by atoms with Crippen molar-refractivity contribution in [2.24, 2.45) is 0 Å². The lowest BCUT2D eigenvalue weighted by atomic mass is 10.2. The number of ether oxygens (including phenoxy) is 1. The van der Waals surface area contributed by atoms with E-state index in [0.717, 1.165) is 17.9 Å². The summed E-state index contributed by atoms with van der Waals surface area (Å²) < 4.78 is 32.1. The molecular formula is C14H21NO4S2. The van der Waals surface area contributed by atoms with Crippen LogP contribution in [0.2, 0.25) is 0 Å². The minimum atomic E-state index is -3.53. The van der Waals surface area contributed by atoms with Gasteiger partial charge >= 0.3 is 0 Å². The number of sulfonamides is 1. The molecule has 5 nitrogen and oxygen atoms in total. The summed E-state index contributed by atoms with van der Waals surface area (Å²) in [5.74, 6) is 2.35. The van der Waals surface area contributed by atoms with Gasteiger partial charge in [0.15, 0.2) is 0 Å². The lowest BCUT2D eigenvalue weighted by Crippen LogP contribution is -2.37. The first-order valence-electron chi connectivity index (χ1n) is 6.93. The van der Waals surface area contributed by atoms with Crippen molar-refractivity contribution >= 4 is 21.8 Å². The summed E-state index contributed by atoms with van der Waals surface area (Å²) in [6.45, 7) is 2.07. The van der Waals surface area contributed by atoms with Crippen molar-refractivity contribution < 1.29 is 18.3 Å². The van der Waals surface area contributed by atoms with Gasteiger partial charge in [-0.2, -0.15) is 16.1 Å². The number of nitrogens with zero attached hydrogens (tertiary/aromatic N) is 1. The average molecular weight is 331 g/mol. The molecule has 7 heteroatoms. The van der Waals surface area contributed by atoms with Gasteiger partial charge in [0.05, 0.1) is 18.1 Å². The predicted octanol–water partition coefficient (Wildman–Crippen LogP) is 1.70. The maximum Gasteiger partial charge on any atom is 0.243 e. The number of aliphatic hydroxyl groups excluding tert-OH is 1. The highest BCUT2D eigenvalue weighted by Gasteiger charge is 2.30. The maximum absolute atomic E-state index is 12.7. The molecule has 0 aliphatic carbocycles. The van der Waals surface area contributed by atoms with E-state index in [2.05, 4.69) is 0 Å². The molecule has 1 aliphatic rings. The third-order valence-corrected chi connectivity index (χ3v) is 6.65. The Morgan fingerprint density at radius 1 is 1.48 bits per heavy atom. The van der Waals surface area contributed by atoms with Gasteiger partial charge < -0.3 is 9.84 Å². The van der Waals surface area contributed by atoms with E-state index in [4.69, 9.17) is 4.74 Å². The molecule has 1 aliphatic heterocycles. The fourth-order valence-corrected chi connectivity index (χ4v) is 5.11. The van der Waals surface area contributed by atoms with Crippen molar-refractivity contribution in [3.8, 4) is 5.75 Å². The highest BCUT2D eigenvalue weighted by molar-refractivity contribution is 7.99. The van der Waals surface area contributed by atoms with Gasteiger partial charge in [0.25, 0.3) is 0 Å². The average Bonchev–Trinajstić information content (AvgIpc) is 3.01. The van der Waals surface area contributed by atoms with Gasteiger partial charge in [-0.1, -0.05) is 0 Å². The van der Waals surface area contributed by atoms with Crippen molar-refractivity contribution in [3.05, 3.63) is 23.8 Å². The molecule has 1 unspecified atom stereocenters. The molecule has 1 aromatic rings. The van der Waals surface area contributed by atoms with Gasteiger partial charge in [-0.3, -0.25) is 0 Å². The lowest BCUT2D eigenvalue weighted by Gasteiger charge is -2.23. The topological polar surface area (TPSA) is 66.8 Å². The summed E-state index contributed by atoms with van der Waals surface area (Å²) in [4.78, 5) is 0.203. The number of hydrogen-bond donors (Lipinski definition) is 1. The molecule has 0 radical (unpaired) electrons. The molecule has 2 rings (SSSR count). The summed E-state index contributed by atoms with van der Waals surface area (Å²) >= 11 is 1.77. The summed E-state index contributed by atoms with van der Waals surface area (Å²) in [6.07, 6.45) is 0.879. The van der Waals surface area contributed by atoms with Gasteiger partial charge in [-0.15, -0.1) is 0 Å². The van der Waals surface area contributed by atoms with E-state index in [-0.39, 0.29) is 17.5 Å². The van der Waals surface area contributed by atoms with Crippen molar-refractivity contribution in [1.82, 2.24) is 4.31 Å². The number of hydrogen-bond acceptors (Lipinski definition) is 5. The minimum absolute atomic E-state index is 0.0455. The molecule has 1 atom stereocenters. The molecule has 1 fully saturated rings. The van der Waals surface area contributed by atoms with Crippen molar-refractivity contribution in [3.63, 3.8) is 0 Å². The Balaban J connectivity index is 2.31. The largest absolute Gasteiger partial charge is 0.494 e. The van der Waals surface area contributed by atoms with Crippen LogP contribution < -0.4 is 4.74 Å². The van der Waals surface area contributed by atoms with Crippen LogP contribution in [0, 0.1) is 0 Å². The van der Waals surface area contributed by atoms with Crippen LogP contribution >= 0.6 is 11.8 Å². The molecule has 1 heterocycles. The van der Waals surface area contributed by atoms with Crippen molar-refractivity contribution in [2.45, 2.75) is 30.9 Å². The quantitative estimate of drug-likeness (QED) is 0.859. The second kappa shape index (κ2) is 7.00. The third kappa shape index (κ3) is 3.53. The van der Waals surface area contributed by atoms with Crippen LogP contribution in [0.25, 0.3) is 0 Å². The summed E-state index contributed by atoms with van der Waals surface area (Å²) in [6, 6.07) is 4.69. The van der Waals surface area contributed by atoms with E-state index in [0.29, 0.717) is 17.9 Å². The van der Waals surface area contributed by atoms with Crippen LogP contribution in [-0.4, -0.2) is 49.0 Å². The Morgan fingerprint density at radius 2 is 2.24 bits per heavy atom. The van der Waals surface area contributed by atoms with Crippen LogP contribution in [0.3, 0.4) is 0 Å². The van der Waals surface area contributed by atoms with E-state index in [1.165, 1.54) is 16.4 Å². The predicted molar refractivity (Wildman–Crippen MR) is 84.2 cm³/mol. The monoisotopic (exact) mass is 331 g/mol. The fourth-order valence-electron chi connectivity index (χ4n) is 2.31. The zero-order valence-corrected chi connectivity index (χ0v) is 13.9. The van der Waals surface area contributed by atoms with Crippen LogP contribution in [0.5, 0.6) is 5.75 Å². The summed E-state index contributed by atoms with van der Waals surface area (Å²) in [7, 11) is -1.91. The van der Waals surface area contributed by atoms with Crippen LogP contribution in [-0.2, 0) is 16.6 Å². The Hall–Kier alpha value is -0.760. The van der Waals surface area contributed by atoms with E-state index >= 15 is 0 Å². The summed E-state index contributed by atoms with van der Waals surface area (Å²) in [5, 5.41) is 9.39. The molecule has 0 aromatic heterocycles. The zero-order chi connectivity index (χ0) is 15.5. The van der Waals surface area contributed by atoms with Crippen molar-refractivity contribution in [1.29, 1.82) is 0 Å². The number of thioether (sulfide) groups is 1. The molecule has 0 bridgehead atoms. The van der Waals surface area contributed by atoms with Crippen LogP contribution in [0.4, 0.5) is 0 Å². The first-order valence-corrected chi connectivity index (χ1v) is 9.52. The molecule has 118 valence electrons. The second-order valence-electron chi connectivity index (χ2n) is 4.90. The molecule has 0 saturated carbocycles. The van der Waals surface area contributed by atoms with Crippen molar-refractivity contribution in [2.75, 3.05) is 25.2 Å². The Labute approximate surface area is 130 Å². The maximum atomic E-state index is 12.7. The molecule has 21 heavy (non-hydrogen) atoms. The summed E-state index contributed by atoms with van der Waals surface area (Å²) in [5.41, 5.74) is 0.493. The number of rotatable bonds is 6. The lowest BCUT2D eigenvalue weighted by molar-refractivity contribution is 0.266. The van der Waals surface area contributed by atoms with Gasteiger partial charge in [-0.05, 0) is 37.3 Å². The number of aliphatic hydroxyl groups is 1. The number of benzene rings is 1. The molecular weight excluding hydrogens is 310 g/mol. The van der Waals surface area contributed by atoms with Crippen LogP contribution in [0.1, 0.15) is 18.9 Å². The Morgan fingerprint density at radius 3 is 2.81 bits per heavy atom. The molecule has 1 aromatic carbocycles. The highest BCUT2D eigenvalue weighted by atomic mass is 32.2. The molecule has 1 saturated heterocycles. The Bertz CT molecular complexity index is 583. The Kier molecular flexibility index (Phi) is 5.54. The zero-order valence-electron chi connectivity index (χ0n) is 12.3. The van der Waals surface area contributed by atoms with E-state index < -0.39 is 10.0 Å². The highest BCUT2D eigenvalue weighted by Crippen LogP contribution is 2.28. The van der Waals surface area contributed by atoms with Gasteiger partial charge in [0.2, 0.25) is 10.0 Å².